The van der Waals surface area contributed by atoms with Crippen molar-refractivity contribution in [1.82, 2.24) is 15.2 Å². The van der Waals surface area contributed by atoms with E-state index in [-0.39, 0.29) is 27.7 Å². The zero-order chi connectivity index (χ0) is 32.5. The standard InChI is InChI=1S/C24H21N7O11S2/c1-24(2,22(36)37)42-28-15(13-9-44-23(25)26-13)18(32)27-16-19(33)29-17(21(34)35)11(8-43-20(16)29)4-3-10-5-6-12(30(38)39)7-14(10)31(40)41/h3-7,9,16,20H,8H2,1-2H3,(H2,25,26)(H,27,32)(H,34,35)(H,36,37)/t16?,20-/m1/s1. The summed E-state index contributed by atoms with van der Waals surface area (Å²) >= 11 is 2.06. The van der Waals surface area contributed by atoms with Gasteiger partial charge >= 0.3 is 11.9 Å². The highest BCUT2D eigenvalue weighted by Gasteiger charge is 2.54. The Labute approximate surface area is 254 Å². The van der Waals surface area contributed by atoms with E-state index in [2.05, 4.69) is 15.5 Å². The van der Waals surface area contributed by atoms with Gasteiger partial charge in [-0.3, -0.25) is 34.7 Å². The fourth-order valence-electron chi connectivity index (χ4n) is 3.92. The highest BCUT2D eigenvalue weighted by molar-refractivity contribution is 8.00. The van der Waals surface area contributed by atoms with Gasteiger partial charge in [-0.15, -0.1) is 23.1 Å². The Hall–Kier alpha value is -5.37. The molecule has 2 aliphatic rings. The first kappa shape index (κ1) is 31.6. The molecule has 1 aromatic heterocycles. The van der Waals surface area contributed by atoms with Crippen LogP contribution < -0.4 is 11.1 Å². The number of thioether (sulfide) groups is 1. The number of nitrogens with zero attached hydrogens (tertiary/aromatic N) is 5. The summed E-state index contributed by atoms with van der Waals surface area (Å²) in [6.07, 6.45) is 2.48. The summed E-state index contributed by atoms with van der Waals surface area (Å²) in [6.45, 7) is 2.39. The Morgan fingerprint density at radius 1 is 1.23 bits per heavy atom. The second kappa shape index (κ2) is 12.1. The molecule has 3 heterocycles. The Kier molecular flexibility index (Phi) is 8.67. The number of fused-ring (bicyclic) bond motifs is 1. The van der Waals surface area contributed by atoms with E-state index in [9.17, 15) is 49.6 Å². The second-order valence-corrected chi connectivity index (χ2v) is 11.5. The fourth-order valence-corrected chi connectivity index (χ4v) is 5.78. The van der Waals surface area contributed by atoms with Crippen LogP contribution in [0.15, 0.2) is 46.1 Å². The largest absolute Gasteiger partial charge is 0.478 e. The van der Waals surface area contributed by atoms with Crippen molar-refractivity contribution in [2.45, 2.75) is 30.9 Å². The number of aliphatic carboxylic acids is 2. The van der Waals surface area contributed by atoms with Crippen molar-refractivity contribution in [2.75, 3.05) is 11.5 Å². The third-order valence-electron chi connectivity index (χ3n) is 6.23. The number of nitrogens with one attached hydrogen (secondary N) is 1. The number of amides is 2. The molecule has 2 amide bonds. The van der Waals surface area contributed by atoms with E-state index >= 15 is 0 Å². The molecule has 0 saturated carbocycles. The number of anilines is 1. The van der Waals surface area contributed by atoms with Gasteiger partial charge in [-0.2, -0.15) is 0 Å². The highest BCUT2D eigenvalue weighted by atomic mass is 32.2. The van der Waals surface area contributed by atoms with Crippen LogP contribution in [0.25, 0.3) is 6.08 Å². The molecular weight excluding hydrogens is 626 g/mol. The van der Waals surface area contributed by atoms with Crippen LogP contribution in [-0.2, 0) is 24.0 Å². The van der Waals surface area contributed by atoms with Crippen LogP contribution in [0.5, 0.6) is 0 Å². The number of carbonyl (C=O) groups excluding carboxylic acids is 2. The van der Waals surface area contributed by atoms with Gasteiger partial charge < -0.3 is 26.1 Å². The number of oxime groups is 1. The Bertz CT molecular complexity index is 1700. The third kappa shape index (κ3) is 6.20. The number of hydrogen-bond donors (Lipinski definition) is 4. The van der Waals surface area contributed by atoms with Gasteiger partial charge in [0.05, 0.1) is 21.5 Å². The number of aromatic nitrogens is 1. The van der Waals surface area contributed by atoms with E-state index < -0.39 is 73.4 Å². The summed E-state index contributed by atoms with van der Waals surface area (Å²) in [5.41, 5.74) is 1.89. The van der Waals surface area contributed by atoms with Crippen molar-refractivity contribution in [2.24, 2.45) is 5.16 Å². The monoisotopic (exact) mass is 647 g/mol. The van der Waals surface area contributed by atoms with Crippen LogP contribution in [0, 0.1) is 20.2 Å². The normalized spacial score (nSPS) is 18.5. The molecule has 5 N–H and O–H groups in total. The van der Waals surface area contributed by atoms with Crippen LogP contribution in [0.3, 0.4) is 0 Å². The SMILES string of the molecule is CC(C)(ON=C(C(=O)NC1C(=O)N2C(C(=O)O)=C(C=Cc3ccc([N+](=O)[O-])cc3[N+](=O)[O-])CS[C@H]12)c1csc(N)n1)C(=O)O. The maximum absolute atomic E-state index is 13.2. The van der Waals surface area contributed by atoms with Gasteiger partial charge in [0.2, 0.25) is 5.60 Å². The zero-order valence-electron chi connectivity index (χ0n) is 22.5. The first-order valence-electron chi connectivity index (χ1n) is 12.2. The Morgan fingerprint density at radius 2 is 1.93 bits per heavy atom. The molecule has 1 unspecified atom stereocenters. The molecule has 44 heavy (non-hydrogen) atoms. The molecule has 2 aliphatic heterocycles. The molecular formula is C24H21N7O11S2. The number of hydrogen-bond acceptors (Lipinski definition) is 14. The number of nitrogens with two attached hydrogens (primary N) is 1. The first-order chi connectivity index (χ1) is 20.6. The molecule has 2 atom stereocenters. The zero-order valence-corrected chi connectivity index (χ0v) is 24.2. The van der Waals surface area contributed by atoms with E-state index in [1.54, 1.807) is 0 Å². The predicted molar refractivity (Wildman–Crippen MR) is 154 cm³/mol. The summed E-state index contributed by atoms with van der Waals surface area (Å²) in [7, 11) is 0. The smallest absolute Gasteiger partial charge is 0.352 e. The molecule has 2 aromatic rings. The minimum absolute atomic E-state index is 0.0131. The molecule has 1 fully saturated rings. The highest BCUT2D eigenvalue weighted by Crippen LogP contribution is 2.41. The lowest BCUT2D eigenvalue weighted by molar-refractivity contribution is -0.394. The number of β-lactam (4-membered cyclic amide) rings is 1. The van der Waals surface area contributed by atoms with Gasteiger partial charge in [0.15, 0.2) is 10.8 Å². The summed E-state index contributed by atoms with van der Waals surface area (Å²) < 4.78 is 0. The first-order valence-corrected chi connectivity index (χ1v) is 14.1. The van der Waals surface area contributed by atoms with Crippen LogP contribution in [0.2, 0.25) is 0 Å². The number of non-ortho nitro benzene ring substituents is 1. The number of nitro groups is 2. The van der Waals surface area contributed by atoms with Gasteiger partial charge in [-0.05, 0) is 31.6 Å². The fraction of sp³-hybridized carbons (Fsp3) is 0.250. The third-order valence-corrected chi connectivity index (χ3v) is 8.21. The van der Waals surface area contributed by atoms with Crippen molar-refractivity contribution in [1.29, 1.82) is 0 Å². The molecule has 20 heteroatoms. The minimum Gasteiger partial charge on any atom is -0.478 e. The van der Waals surface area contributed by atoms with Gasteiger partial charge in [-0.1, -0.05) is 11.2 Å². The number of allylic oxidation sites excluding steroid dienone is 1. The molecule has 1 aromatic carbocycles. The molecule has 18 nitrogen and oxygen atoms in total. The number of nitrogen functional groups attached to an aromatic ring is 1. The molecule has 0 spiro atoms. The average Bonchev–Trinajstić information content (AvgIpc) is 3.39. The van der Waals surface area contributed by atoms with E-state index in [4.69, 9.17) is 10.6 Å². The summed E-state index contributed by atoms with van der Waals surface area (Å²) in [5.74, 6) is -4.59. The lowest BCUT2D eigenvalue weighted by Crippen LogP contribution is -2.71. The van der Waals surface area contributed by atoms with Gasteiger partial charge in [0.1, 0.15) is 22.8 Å². The number of carbonyl (C=O) groups is 4. The quantitative estimate of drug-likeness (QED) is 0.117. The van der Waals surface area contributed by atoms with Crippen LogP contribution in [0.4, 0.5) is 16.5 Å². The van der Waals surface area contributed by atoms with Gasteiger partial charge in [0, 0.05) is 17.2 Å². The molecule has 230 valence electrons. The maximum atomic E-state index is 13.2. The van der Waals surface area contributed by atoms with Gasteiger partial charge in [0.25, 0.3) is 23.2 Å². The van der Waals surface area contributed by atoms with Crippen LogP contribution >= 0.6 is 23.1 Å². The van der Waals surface area contributed by atoms with Gasteiger partial charge in [-0.25, -0.2) is 14.6 Å². The molecule has 0 radical (unpaired) electrons. The molecule has 4 rings (SSSR count). The number of benzene rings is 1. The number of carboxylic acids is 2. The Balaban J connectivity index is 1.58. The Morgan fingerprint density at radius 3 is 2.50 bits per heavy atom. The van der Waals surface area contributed by atoms with Crippen molar-refractivity contribution in [3.8, 4) is 0 Å². The van der Waals surface area contributed by atoms with Crippen molar-refractivity contribution >= 4 is 75.1 Å². The van der Waals surface area contributed by atoms with E-state index in [0.29, 0.717) is 0 Å². The number of thiazole rings is 1. The van der Waals surface area contributed by atoms with E-state index in [0.717, 1.165) is 46.2 Å². The van der Waals surface area contributed by atoms with E-state index in [1.165, 1.54) is 31.4 Å². The molecule has 0 aliphatic carbocycles. The lowest BCUT2D eigenvalue weighted by atomic mass is 10.0. The maximum Gasteiger partial charge on any atom is 0.352 e. The predicted octanol–water partition coefficient (Wildman–Crippen LogP) is 1.58. The second-order valence-electron chi connectivity index (χ2n) is 9.55. The summed E-state index contributed by atoms with van der Waals surface area (Å²) in [4.78, 5) is 80.7. The molecule has 0 bridgehead atoms. The molecule has 1 saturated heterocycles. The van der Waals surface area contributed by atoms with Crippen molar-refractivity contribution in [3.05, 3.63) is 72.4 Å². The van der Waals surface area contributed by atoms with Crippen molar-refractivity contribution in [3.63, 3.8) is 0 Å². The lowest BCUT2D eigenvalue weighted by Gasteiger charge is -2.49. The number of nitro benzene ring substituents is 2. The minimum atomic E-state index is -1.82. The number of rotatable bonds is 11. The topological polar surface area (TPSA) is 271 Å². The average molecular weight is 648 g/mol. The summed E-state index contributed by atoms with van der Waals surface area (Å²) in [5, 5.41) is 48.4. The van der Waals surface area contributed by atoms with E-state index in [1.807, 2.05) is 0 Å². The van der Waals surface area contributed by atoms with Crippen LogP contribution in [0.1, 0.15) is 25.1 Å². The number of carboxylic acid groups (broad SMARTS) is 2. The van der Waals surface area contributed by atoms with Crippen LogP contribution in [-0.4, -0.2) is 82.2 Å². The summed E-state index contributed by atoms with van der Waals surface area (Å²) in [6, 6.07) is 1.76. The van der Waals surface area contributed by atoms with Crippen molar-refractivity contribution < 1.29 is 44.1 Å².